The van der Waals surface area contributed by atoms with Crippen LogP contribution in [0.15, 0.2) is 48.7 Å². The van der Waals surface area contributed by atoms with Gasteiger partial charge < -0.3 is 9.64 Å². The molecular weight excluding hydrogens is 420 g/mol. The zero-order chi connectivity index (χ0) is 22.2. The highest BCUT2D eigenvalue weighted by Crippen LogP contribution is 2.33. The van der Waals surface area contributed by atoms with Crippen LogP contribution in [-0.2, 0) is 0 Å². The van der Waals surface area contributed by atoms with Crippen LogP contribution in [0.1, 0.15) is 40.0 Å². The van der Waals surface area contributed by atoms with Gasteiger partial charge in [-0.05, 0) is 44.0 Å². The first-order chi connectivity index (χ1) is 15.5. The fourth-order valence-electron chi connectivity index (χ4n) is 4.23. The molecule has 0 saturated carbocycles. The summed E-state index contributed by atoms with van der Waals surface area (Å²) in [5.74, 6) is 0.0365. The van der Waals surface area contributed by atoms with Gasteiger partial charge in [0.15, 0.2) is 0 Å². The number of hydrogen-bond donors (Lipinski definition) is 0. The standard InChI is InChI=1S/C25H26N4O2S/c1-16-9-10-17(2)23-22(16)27-25(32-23)31-20-11-13-28(14-12-20)24(30)21-15-26-29(18(21)3)19-7-5-4-6-8-19/h4-10,15,20H,11-14H2,1-3H3. The van der Waals surface area contributed by atoms with Gasteiger partial charge in [-0.1, -0.05) is 41.7 Å². The van der Waals surface area contributed by atoms with E-state index in [1.165, 1.54) is 15.8 Å². The van der Waals surface area contributed by atoms with Crippen molar-refractivity contribution in [2.24, 2.45) is 0 Å². The molecule has 1 saturated heterocycles. The van der Waals surface area contributed by atoms with E-state index in [0.717, 1.165) is 34.9 Å². The quantitative estimate of drug-likeness (QED) is 0.438. The van der Waals surface area contributed by atoms with E-state index in [4.69, 9.17) is 9.72 Å². The van der Waals surface area contributed by atoms with Crippen LogP contribution in [0.25, 0.3) is 15.9 Å². The minimum Gasteiger partial charge on any atom is -0.467 e. The van der Waals surface area contributed by atoms with E-state index in [1.54, 1.807) is 17.5 Å². The smallest absolute Gasteiger partial charge is 0.274 e. The molecule has 1 aliphatic heterocycles. The van der Waals surface area contributed by atoms with Crippen molar-refractivity contribution in [3.63, 3.8) is 0 Å². The fraction of sp³-hybridized carbons (Fsp3) is 0.320. The zero-order valence-electron chi connectivity index (χ0n) is 18.5. The summed E-state index contributed by atoms with van der Waals surface area (Å²) in [6, 6.07) is 14.1. The first-order valence-electron chi connectivity index (χ1n) is 10.9. The summed E-state index contributed by atoms with van der Waals surface area (Å²) in [6.45, 7) is 7.47. The van der Waals surface area contributed by atoms with Crippen LogP contribution < -0.4 is 4.74 Å². The third kappa shape index (κ3) is 3.77. The van der Waals surface area contributed by atoms with Crippen LogP contribution in [0.2, 0.25) is 0 Å². The number of benzene rings is 2. The number of likely N-dealkylation sites (tertiary alicyclic amines) is 1. The van der Waals surface area contributed by atoms with Crippen LogP contribution >= 0.6 is 11.3 Å². The number of thiazole rings is 1. The van der Waals surface area contributed by atoms with Crippen LogP contribution in [0.5, 0.6) is 5.19 Å². The predicted molar refractivity (Wildman–Crippen MR) is 127 cm³/mol. The lowest BCUT2D eigenvalue weighted by Crippen LogP contribution is -2.41. The van der Waals surface area contributed by atoms with E-state index in [1.807, 2.05) is 46.8 Å². The van der Waals surface area contributed by atoms with Crippen molar-refractivity contribution in [3.05, 3.63) is 71.0 Å². The molecule has 0 atom stereocenters. The number of carbonyl (C=O) groups excluding carboxylic acids is 1. The van der Waals surface area contributed by atoms with Crippen LogP contribution in [-0.4, -0.2) is 44.8 Å². The summed E-state index contributed by atoms with van der Waals surface area (Å²) < 4.78 is 9.24. The molecule has 0 radical (unpaired) electrons. The Balaban J connectivity index is 1.24. The van der Waals surface area contributed by atoms with E-state index in [0.29, 0.717) is 18.7 Å². The Morgan fingerprint density at radius 3 is 2.47 bits per heavy atom. The number of hydrogen-bond acceptors (Lipinski definition) is 5. The molecule has 7 heteroatoms. The number of carbonyl (C=O) groups is 1. The number of ether oxygens (including phenoxy) is 1. The monoisotopic (exact) mass is 446 g/mol. The average molecular weight is 447 g/mol. The minimum atomic E-state index is 0.0365. The second kappa shape index (κ2) is 8.39. The fourth-order valence-corrected chi connectivity index (χ4v) is 5.26. The first kappa shape index (κ1) is 20.7. The highest BCUT2D eigenvalue weighted by atomic mass is 32.1. The summed E-state index contributed by atoms with van der Waals surface area (Å²) in [4.78, 5) is 19.8. The summed E-state index contributed by atoms with van der Waals surface area (Å²) in [5.41, 5.74) is 5.90. The van der Waals surface area contributed by atoms with Gasteiger partial charge in [-0.3, -0.25) is 4.79 Å². The molecule has 1 fully saturated rings. The number of aromatic nitrogens is 3. The maximum Gasteiger partial charge on any atom is 0.274 e. The highest BCUT2D eigenvalue weighted by molar-refractivity contribution is 7.20. The average Bonchev–Trinajstić information content (AvgIpc) is 3.41. The van der Waals surface area contributed by atoms with Crippen LogP contribution in [0.3, 0.4) is 0 Å². The lowest BCUT2D eigenvalue weighted by molar-refractivity contribution is 0.0595. The Bertz CT molecular complexity index is 1230. The lowest BCUT2D eigenvalue weighted by Gasteiger charge is -2.31. The van der Waals surface area contributed by atoms with E-state index < -0.39 is 0 Å². The summed E-state index contributed by atoms with van der Waals surface area (Å²) in [5, 5.41) is 5.17. The largest absolute Gasteiger partial charge is 0.467 e. The summed E-state index contributed by atoms with van der Waals surface area (Å²) >= 11 is 1.61. The van der Waals surface area contributed by atoms with E-state index in [-0.39, 0.29) is 12.0 Å². The highest BCUT2D eigenvalue weighted by Gasteiger charge is 2.27. The number of fused-ring (bicyclic) bond motifs is 1. The number of piperidine rings is 1. The first-order valence-corrected chi connectivity index (χ1v) is 11.8. The van der Waals surface area contributed by atoms with Gasteiger partial charge in [0.2, 0.25) is 0 Å². The Hall–Kier alpha value is -3.19. The Kier molecular flexibility index (Phi) is 5.43. The molecular formula is C25H26N4O2S. The SMILES string of the molecule is Cc1ccc(C)c2sc(OC3CCN(C(=O)c4cnn(-c5ccccc5)c4C)CC3)nc12. The third-order valence-electron chi connectivity index (χ3n) is 6.16. The third-order valence-corrected chi connectivity index (χ3v) is 7.24. The zero-order valence-corrected chi connectivity index (χ0v) is 19.4. The number of rotatable bonds is 4. The van der Waals surface area contributed by atoms with Crippen LogP contribution in [0, 0.1) is 20.8 Å². The Morgan fingerprint density at radius 2 is 1.75 bits per heavy atom. The number of aryl methyl sites for hydroxylation is 2. The second-order valence-electron chi connectivity index (χ2n) is 8.36. The van der Waals surface area contributed by atoms with Crippen molar-refractivity contribution < 1.29 is 9.53 Å². The van der Waals surface area contributed by atoms with Crippen molar-refractivity contribution in [3.8, 4) is 10.9 Å². The maximum atomic E-state index is 13.1. The van der Waals surface area contributed by atoms with Gasteiger partial charge in [0.1, 0.15) is 6.10 Å². The van der Waals surface area contributed by atoms with Crippen LogP contribution in [0.4, 0.5) is 0 Å². The lowest BCUT2D eigenvalue weighted by atomic mass is 10.1. The Labute approximate surface area is 191 Å². The molecule has 0 bridgehead atoms. The summed E-state index contributed by atoms with van der Waals surface area (Å²) in [6.07, 6.45) is 3.35. The molecule has 5 rings (SSSR count). The Morgan fingerprint density at radius 1 is 1.03 bits per heavy atom. The molecule has 164 valence electrons. The van der Waals surface area contributed by atoms with Crippen molar-refractivity contribution >= 4 is 27.5 Å². The van der Waals surface area contributed by atoms with Gasteiger partial charge in [-0.25, -0.2) is 9.67 Å². The maximum absolute atomic E-state index is 13.1. The molecule has 2 aromatic heterocycles. The number of amides is 1. The van der Waals surface area contributed by atoms with Gasteiger partial charge in [0.25, 0.3) is 11.1 Å². The molecule has 2 aromatic carbocycles. The van der Waals surface area contributed by atoms with Gasteiger partial charge in [0, 0.05) is 25.9 Å². The molecule has 6 nitrogen and oxygen atoms in total. The molecule has 32 heavy (non-hydrogen) atoms. The van der Waals surface area contributed by atoms with E-state index in [2.05, 4.69) is 31.1 Å². The van der Waals surface area contributed by atoms with Gasteiger partial charge in [0.05, 0.1) is 33.4 Å². The molecule has 0 spiro atoms. The molecule has 0 aliphatic carbocycles. The van der Waals surface area contributed by atoms with Gasteiger partial charge >= 0.3 is 0 Å². The van der Waals surface area contributed by atoms with Gasteiger partial charge in [-0.2, -0.15) is 5.10 Å². The molecule has 0 N–H and O–H groups in total. The minimum absolute atomic E-state index is 0.0365. The second-order valence-corrected chi connectivity index (χ2v) is 9.32. The van der Waals surface area contributed by atoms with Gasteiger partial charge in [-0.15, -0.1) is 0 Å². The van der Waals surface area contributed by atoms with E-state index in [9.17, 15) is 4.79 Å². The molecule has 1 aliphatic rings. The topological polar surface area (TPSA) is 60.2 Å². The van der Waals surface area contributed by atoms with Crippen molar-refractivity contribution in [2.45, 2.75) is 39.7 Å². The molecule has 1 amide bonds. The van der Waals surface area contributed by atoms with Crippen molar-refractivity contribution in [1.82, 2.24) is 19.7 Å². The molecule has 0 unspecified atom stereocenters. The predicted octanol–water partition coefficient (Wildman–Crippen LogP) is 5.09. The van der Waals surface area contributed by atoms with E-state index >= 15 is 0 Å². The number of nitrogens with zero attached hydrogens (tertiary/aromatic N) is 4. The molecule has 3 heterocycles. The summed E-state index contributed by atoms with van der Waals surface area (Å²) in [7, 11) is 0. The molecule has 4 aromatic rings. The normalized spacial score (nSPS) is 14.8. The van der Waals surface area contributed by atoms with Crippen molar-refractivity contribution in [1.29, 1.82) is 0 Å². The van der Waals surface area contributed by atoms with Crippen molar-refractivity contribution in [2.75, 3.05) is 13.1 Å². The number of para-hydroxylation sites is 1.